The van der Waals surface area contributed by atoms with Crippen LogP contribution in [0, 0.1) is 12.7 Å². The maximum atomic E-state index is 13.6. The Balaban J connectivity index is 0.00000194. The van der Waals surface area contributed by atoms with Crippen molar-refractivity contribution in [2.24, 2.45) is 10.7 Å². The first-order valence-electron chi connectivity index (χ1n) is 8.22. The van der Waals surface area contributed by atoms with Crippen LogP contribution in [0.5, 0.6) is 0 Å². The third kappa shape index (κ3) is 8.69. The number of amidine groups is 1. The molecule has 0 unspecified atom stereocenters. The Kier molecular flexibility index (Phi) is 9.69. The number of alkyl halides is 3. The molecule has 0 saturated carbocycles. The number of allylic oxidation sites excluding steroid dienone is 2. The first kappa shape index (κ1) is 23.7. The number of nitrogens with zero attached hydrogens (tertiary/aromatic N) is 1. The minimum Gasteiger partial charge on any atom is -0.384 e. The molecule has 0 saturated heterocycles. The second kappa shape index (κ2) is 10.6. The number of benzene rings is 1. The molecule has 0 fully saturated rings. The lowest BCUT2D eigenvalue weighted by atomic mass is 10.2. The third-order valence-corrected chi connectivity index (χ3v) is 3.00. The van der Waals surface area contributed by atoms with Gasteiger partial charge in [0.2, 0.25) is 0 Å². The highest BCUT2D eigenvalue weighted by Gasteiger charge is 2.30. The second-order valence-electron chi connectivity index (χ2n) is 6.00. The molecule has 26 heavy (non-hydrogen) atoms. The second-order valence-corrected chi connectivity index (χ2v) is 6.00. The van der Waals surface area contributed by atoms with Crippen LogP contribution in [0.3, 0.4) is 0 Å². The molecule has 0 radical (unpaired) electrons. The molecule has 0 heterocycles. The zero-order valence-corrected chi connectivity index (χ0v) is 16.1. The molecule has 0 aliphatic carbocycles. The Morgan fingerprint density at radius 1 is 1.19 bits per heavy atom. The van der Waals surface area contributed by atoms with Crippen molar-refractivity contribution in [2.45, 2.75) is 54.1 Å². The van der Waals surface area contributed by atoms with E-state index >= 15 is 0 Å². The van der Waals surface area contributed by atoms with Gasteiger partial charge in [0.15, 0.2) is 0 Å². The number of aliphatic imine (C=N–C) groups is 1. The van der Waals surface area contributed by atoms with Crippen LogP contribution in [-0.2, 0) is 0 Å². The number of nitrogens with one attached hydrogen (secondary N) is 1. The van der Waals surface area contributed by atoms with Crippen molar-refractivity contribution in [3.63, 3.8) is 0 Å². The molecule has 0 aromatic heterocycles. The van der Waals surface area contributed by atoms with E-state index in [1.165, 1.54) is 18.6 Å². The molecule has 0 amide bonds. The maximum Gasteiger partial charge on any atom is 0.412 e. The minimum atomic E-state index is -4.49. The molecule has 0 bridgehead atoms. The van der Waals surface area contributed by atoms with Crippen molar-refractivity contribution in [1.82, 2.24) is 0 Å². The van der Waals surface area contributed by atoms with Gasteiger partial charge in [-0.25, -0.2) is 9.38 Å². The van der Waals surface area contributed by atoms with E-state index < -0.39 is 17.6 Å². The van der Waals surface area contributed by atoms with Gasteiger partial charge in [0, 0.05) is 11.3 Å². The molecule has 0 aliphatic rings. The summed E-state index contributed by atoms with van der Waals surface area (Å²) in [5, 5.41) is 2.66. The van der Waals surface area contributed by atoms with E-state index in [1.54, 1.807) is 26.8 Å². The van der Waals surface area contributed by atoms with E-state index in [4.69, 9.17) is 5.73 Å². The first-order valence-corrected chi connectivity index (χ1v) is 8.22. The Morgan fingerprint density at radius 3 is 2.15 bits per heavy atom. The zero-order chi connectivity index (χ0) is 20.5. The summed E-state index contributed by atoms with van der Waals surface area (Å²) in [6, 6.07) is 4.24. The smallest absolute Gasteiger partial charge is 0.384 e. The van der Waals surface area contributed by atoms with Crippen LogP contribution in [0.25, 0.3) is 0 Å². The maximum absolute atomic E-state index is 13.6. The number of aryl methyl sites for hydroxylation is 1. The topological polar surface area (TPSA) is 50.4 Å². The number of anilines is 1. The molecule has 7 heteroatoms. The summed E-state index contributed by atoms with van der Waals surface area (Å²) in [7, 11) is 0. The summed E-state index contributed by atoms with van der Waals surface area (Å²) in [6.07, 6.45) is -2.41. The van der Waals surface area contributed by atoms with Gasteiger partial charge >= 0.3 is 6.18 Å². The van der Waals surface area contributed by atoms with Crippen LogP contribution in [0.2, 0.25) is 0 Å². The Hall–Kier alpha value is -2.31. The molecule has 1 aromatic rings. The monoisotopic (exact) mass is 373 g/mol. The highest BCUT2D eigenvalue weighted by atomic mass is 19.4. The summed E-state index contributed by atoms with van der Waals surface area (Å²) in [4.78, 5) is 3.94. The fraction of sp³-hybridized carbons (Fsp3) is 0.421. The van der Waals surface area contributed by atoms with Crippen molar-refractivity contribution >= 4 is 11.5 Å². The molecule has 3 nitrogen and oxygen atoms in total. The van der Waals surface area contributed by atoms with Crippen molar-refractivity contribution in [3.05, 3.63) is 52.6 Å². The van der Waals surface area contributed by atoms with Gasteiger partial charge in [-0.15, -0.1) is 0 Å². The van der Waals surface area contributed by atoms with Crippen molar-refractivity contribution in [1.29, 1.82) is 0 Å². The van der Waals surface area contributed by atoms with Crippen LogP contribution in [0.4, 0.5) is 23.2 Å². The number of rotatable bonds is 3. The number of hydrogen-bond acceptors (Lipinski definition) is 2. The summed E-state index contributed by atoms with van der Waals surface area (Å²) in [5.41, 5.74) is 6.19. The van der Waals surface area contributed by atoms with E-state index in [9.17, 15) is 17.6 Å². The lowest BCUT2D eigenvalue weighted by molar-refractivity contribution is -0.0912. The largest absolute Gasteiger partial charge is 0.412 e. The first-order chi connectivity index (χ1) is 11.9. The molecule has 0 atom stereocenters. The predicted molar refractivity (Wildman–Crippen MR) is 101 cm³/mol. The molecule has 1 aromatic carbocycles. The van der Waals surface area contributed by atoms with E-state index in [-0.39, 0.29) is 17.3 Å². The fourth-order valence-electron chi connectivity index (χ4n) is 1.44. The van der Waals surface area contributed by atoms with E-state index in [2.05, 4.69) is 24.2 Å². The van der Waals surface area contributed by atoms with Gasteiger partial charge < -0.3 is 11.1 Å². The molecule has 0 spiro atoms. The van der Waals surface area contributed by atoms with Gasteiger partial charge in [0.25, 0.3) is 0 Å². The van der Waals surface area contributed by atoms with E-state index in [1.807, 2.05) is 0 Å². The summed E-state index contributed by atoms with van der Waals surface area (Å²) < 4.78 is 51.7. The highest BCUT2D eigenvalue weighted by molar-refractivity contribution is 6.04. The lowest BCUT2D eigenvalue weighted by Gasteiger charge is -2.11. The molecular weight excluding hydrogens is 346 g/mol. The molecule has 1 rings (SSSR count). The Bertz CT molecular complexity index is 683. The van der Waals surface area contributed by atoms with Crippen LogP contribution in [0.15, 0.2) is 46.2 Å². The van der Waals surface area contributed by atoms with Crippen molar-refractivity contribution in [3.8, 4) is 0 Å². The average Bonchev–Trinajstić information content (AvgIpc) is 2.50. The molecular formula is C19H27F4N3. The van der Waals surface area contributed by atoms with Crippen molar-refractivity contribution < 1.29 is 17.6 Å². The standard InChI is InChI=1S/C16H19F4N3.C3H8/c1-9(2)15(21)23-14(7-11(4)16(18,19)20)22-12-6-5-10(3)13(17)8-12;1-3-2/h5-8H,21H2,1-4H3,(H,22,23);3H2,1-2H3/b11-7+;. The SMILES string of the molecule is CC(C)=C(N)/N=C(\C=C(/C)C(F)(F)F)Nc1ccc(C)c(F)c1.CCC. The highest BCUT2D eigenvalue weighted by Crippen LogP contribution is 2.25. The zero-order valence-electron chi connectivity index (χ0n) is 16.1. The number of hydrogen-bond donors (Lipinski definition) is 2. The van der Waals surface area contributed by atoms with Crippen LogP contribution in [0.1, 0.15) is 46.6 Å². The summed E-state index contributed by atoms with van der Waals surface area (Å²) in [6.45, 7) is 10.1. The summed E-state index contributed by atoms with van der Waals surface area (Å²) >= 11 is 0. The Morgan fingerprint density at radius 2 is 1.73 bits per heavy atom. The molecule has 3 N–H and O–H groups in total. The predicted octanol–water partition coefficient (Wildman–Crippen LogP) is 6.08. The van der Waals surface area contributed by atoms with Gasteiger partial charge in [-0.1, -0.05) is 26.3 Å². The minimum absolute atomic E-state index is 0.0892. The quantitative estimate of drug-likeness (QED) is 0.383. The average molecular weight is 373 g/mol. The lowest BCUT2D eigenvalue weighted by Crippen LogP contribution is -2.17. The van der Waals surface area contributed by atoms with Gasteiger partial charge in [0.05, 0.1) is 0 Å². The third-order valence-electron chi connectivity index (χ3n) is 3.00. The normalized spacial score (nSPS) is 12.2. The van der Waals surface area contributed by atoms with Crippen LogP contribution >= 0.6 is 0 Å². The number of nitrogens with two attached hydrogens (primary N) is 1. The molecule has 0 aliphatic heterocycles. The van der Waals surface area contributed by atoms with Crippen LogP contribution in [-0.4, -0.2) is 12.0 Å². The van der Waals surface area contributed by atoms with Gasteiger partial charge in [-0.3, -0.25) is 0 Å². The van der Waals surface area contributed by atoms with Gasteiger partial charge in [0.1, 0.15) is 17.5 Å². The van der Waals surface area contributed by atoms with Gasteiger partial charge in [-0.2, -0.15) is 13.2 Å². The summed E-state index contributed by atoms with van der Waals surface area (Å²) in [5.74, 6) is -0.505. The van der Waals surface area contributed by atoms with E-state index in [0.29, 0.717) is 11.1 Å². The molecule has 146 valence electrons. The Labute approximate surface area is 152 Å². The van der Waals surface area contributed by atoms with Gasteiger partial charge in [-0.05, 0) is 57.0 Å². The van der Waals surface area contributed by atoms with E-state index in [0.717, 1.165) is 13.0 Å². The number of halogens is 4. The van der Waals surface area contributed by atoms with Crippen LogP contribution < -0.4 is 11.1 Å². The van der Waals surface area contributed by atoms with Crippen molar-refractivity contribution in [2.75, 3.05) is 5.32 Å². The fourth-order valence-corrected chi connectivity index (χ4v) is 1.44.